The Balaban J connectivity index is 0. The quantitative estimate of drug-likeness (QED) is 0.550. The molecule has 0 amide bonds. The molecule has 0 heterocycles. The fourth-order valence-corrected chi connectivity index (χ4v) is 1.31. The summed E-state index contributed by atoms with van der Waals surface area (Å²) in [7, 11) is 0. The molecule has 118 valence electrons. The van der Waals surface area contributed by atoms with Gasteiger partial charge in [-0.25, -0.2) is 0 Å². The van der Waals surface area contributed by atoms with Gasteiger partial charge >= 0.3 is 0 Å². The van der Waals surface area contributed by atoms with Crippen LogP contribution in [0.2, 0.25) is 0 Å². The van der Waals surface area contributed by atoms with Crippen LogP contribution in [0, 0.1) is 17.8 Å². The summed E-state index contributed by atoms with van der Waals surface area (Å²) in [5, 5.41) is 0. The molecule has 0 aliphatic rings. The predicted molar refractivity (Wildman–Crippen MR) is 95.3 cm³/mol. The van der Waals surface area contributed by atoms with Crippen molar-refractivity contribution in [2.45, 2.75) is 74.7 Å². The first-order valence-corrected chi connectivity index (χ1v) is 8.27. The van der Waals surface area contributed by atoms with Crippen LogP contribution in [0.1, 0.15) is 80.2 Å². The topological polar surface area (TPSA) is 0 Å². The summed E-state index contributed by atoms with van der Waals surface area (Å²) >= 11 is 0. The van der Waals surface area contributed by atoms with Gasteiger partial charge in [0.25, 0.3) is 0 Å². The van der Waals surface area contributed by atoms with Gasteiger partial charge in [0, 0.05) is 0 Å². The van der Waals surface area contributed by atoms with Crippen LogP contribution in [0.3, 0.4) is 0 Å². The maximum absolute atomic E-state index is 2.30. The Hall–Kier alpha value is -0.780. The van der Waals surface area contributed by atoms with E-state index < -0.39 is 0 Å². The van der Waals surface area contributed by atoms with Gasteiger partial charge in [-0.05, 0) is 29.2 Å². The zero-order chi connectivity index (χ0) is 16.1. The summed E-state index contributed by atoms with van der Waals surface area (Å²) in [5.74, 6) is 3.26. The Morgan fingerprint density at radius 3 is 1.30 bits per heavy atom. The minimum Gasteiger partial charge on any atom is -0.0651 e. The second-order valence-corrected chi connectivity index (χ2v) is 6.93. The van der Waals surface area contributed by atoms with Crippen LogP contribution >= 0.6 is 0 Å². The van der Waals surface area contributed by atoms with E-state index in [1.165, 1.54) is 12.0 Å². The maximum Gasteiger partial charge on any atom is -0.0219 e. The minimum absolute atomic E-state index is 0.659. The van der Waals surface area contributed by atoms with E-state index in [1.54, 1.807) is 0 Å². The van der Waals surface area contributed by atoms with Gasteiger partial charge in [0.05, 0.1) is 0 Å². The third-order valence-electron chi connectivity index (χ3n) is 3.25. The van der Waals surface area contributed by atoms with Crippen LogP contribution in [0.4, 0.5) is 0 Å². The van der Waals surface area contributed by atoms with Crippen molar-refractivity contribution in [2.24, 2.45) is 17.8 Å². The highest BCUT2D eigenvalue weighted by atomic mass is 14.1. The Kier molecular flexibility index (Phi) is 14.2. The highest BCUT2D eigenvalue weighted by Gasteiger charge is 2.01. The van der Waals surface area contributed by atoms with E-state index in [0.29, 0.717) is 5.92 Å². The number of hydrogen-bond donors (Lipinski definition) is 0. The first kappa shape index (κ1) is 21.5. The lowest BCUT2D eigenvalue weighted by Crippen LogP contribution is -2.00. The van der Waals surface area contributed by atoms with E-state index in [2.05, 4.69) is 86.6 Å². The molecule has 0 nitrogen and oxygen atoms in total. The van der Waals surface area contributed by atoms with Crippen LogP contribution in [0.5, 0.6) is 0 Å². The van der Waals surface area contributed by atoms with E-state index in [-0.39, 0.29) is 0 Å². The van der Waals surface area contributed by atoms with Gasteiger partial charge in [-0.15, -0.1) is 0 Å². The molecule has 0 heteroatoms. The van der Waals surface area contributed by atoms with Gasteiger partial charge in [0.1, 0.15) is 0 Å². The molecule has 0 spiro atoms. The van der Waals surface area contributed by atoms with E-state index in [1.807, 2.05) is 6.07 Å². The van der Waals surface area contributed by atoms with Gasteiger partial charge in [0.2, 0.25) is 0 Å². The van der Waals surface area contributed by atoms with E-state index >= 15 is 0 Å². The molecule has 0 fully saturated rings. The standard InChI is InChI=1S/C9H12.C7H16.C4H10/c1-8(2)9-6-4-3-5-7-9;1-5-7(4)6(2)3;1-4(2)3/h3-8H,1-2H3;6-7H,5H2,1-4H3;4H,1-3H3. The fourth-order valence-electron chi connectivity index (χ4n) is 1.31. The van der Waals surface area contributed by atoms with Crippen molar-refractivity contribution in [1.29, 1.82) is 0 Å². The molecule has 0 bridgehead atoms. The van der Waals surface area contributed by atoms with Crippen molar-refractivity contribution >= 4 is 0 Å². The second-order valence-electron chi connectivity index (χ2n) is 6.93. The van der Waals surface area contributed by atoms with E-state index in [4.69, 9.17) is 0 Å². The fraction of sp³-hybridized carbons (Fsp3) is 0.700. The summed E-state index contributed by atoms with van der Waals surface area (Å²) in [5.41, 5.74) is 1.41. The summed E-state index contributed by atoms with van der Waals surface area (Å²) < 4.78 is 0. The van der Waals surface area contributed by atoms with Gasteiger partial charge in [-0.1, -0.05) is 99.1 Å². The SMILES string of the molecule is CC(C)C.CC(C)c1ccccc1.CCC(C)C(C)C. The van der Waals surface area contributed by atoms with Crippen molar-refractivity contribution in [3.63, 3.8) is 0 Å². The summed E-state index contributed by atoms with van der Waals surface area (Å²) in [6, 6.07) is 10.5. The van der Waals surface area contributed by atoms with Crippen molar-refractivity contribution in [3.05, 3.63) is 35.9 Å². The van der Waals surface area contributed by atoms with E-state index in [9.17, 15) is 0 Å². The lowest BCUT2D eigenvalue weighted by molar-refractivity contribution is 0.407. The molecule has 1 aromatic carbocycles. The monoisotopic (exact) mass is 278 g/mol. The van der Waals surface area contributed by atoms with Crippen LogP contribution in [-0.2, 0) is 0 Å². The Morgan fingerprint density at radius 1 is 0.750 bits per heavy atom. The Labute approximate surface area is 129 Å². The van der Waals surface area contributed by atoms with E-state index in [0.717, 1.165) is 17.8 Å². The van der Waals surface area contributed by atoms with Crippen LogP contribution < -0.4 is 0 Å². The molecule has 0 radical (unpaired) electrons. The zero-order valence-corrected chi connectivity index (χ0v) is 15.4. The number of hydrogen-bond acceptors (Lipinski definition) is 0. The van der Waals surface area contributed by atoms with Crippen molar-refractivity contribution in [1.82, 2.24) is 0 Å². The van der Waals surface area contributed by atoms with Crippen LogP contribution in [-0.4, -0.2) is 0 Å². The molecule has 0 N–H and O–H groups in total. The molecule has 1 unspecified atom stereocenters. The normalized spacial score (nSPS) is 11.6. The highest BCUT2D eigenvalue weighted by Crippen LogP contribution is 2.12. The molecular weight excluding hydrogens is 240 g/mol. The highest BCUT2D eigenvalue weighted by molar-refractivity contribution is 5.17. The summed E-state index contributed by atoms with van der Waals surface area (Å²) in [4.78, 5) is 0. The molecule has 0 saturated carbocycles. The molecule has 0 aliphatic heterocycles. The molecular formula is C20H38. The minimum atomic E-state index is 0.659. The molecule has 0 saturated heterocycles. The number of rotatable bonds is 3. The molecule has 1 rings (SSSR count). The average Bonchev–Trinajstić information content (AvgIpc) is 2.38. The van der Waals surface area contributed by atoms with Gasteiger partial charge in [0.15, 0.2) is 0 Å². The number of benzene rings is 1. The molecule has 0 aliphatic carbocycles. The zero-order valence-electron chi connectivity index (χ0n) is 15.4. The lowest BCUT2D eigenvalue weighted by atomic mass is 9.96. The predicted octanol–water partition coefficient (Wildman–Crippen LogP) is 7.16. The first-order valence-electron chi connectivity index (χ1n) is 8.27. The third kappa shape index (κ3) is 15.3. The summed E-state index contributed by atoms with van der Waals surface area (Å²) in [6.07, 6.45) is 1.32. The second kappa shape index (κ2) is 13.2. The lowest BCUT2D eigenvalue weighted by Gasteiger charge is -2.10. The summed E-state index contributed by atoms with van der Waals surface area (Å²) in [6.45, 7) is 20.0. The maximum atomic E-state index is 2.30. The average molecular weight is 279 g/mol. The van der Waals surface area contributed by atoms with Gasteiger partial charge in [-0.2, -0.15) is 0 Å². The molecule has 1 aromatic rings. The molecule has 1 atom stereocenters. The third-order valence-corrected chi connectivity index (χ3v) is 3.25. The Bertz CT molecular complexity index is 279. The molecule has 20 heavy (non-hydrogen) atoms. The van der Waals surface area contributed by atoms with Gasteiger partial charge in [-0.3, -0.25) is 0 Å². The van der Waals surface area contributed by atoms with Crippen molar-refractivity contribution in [2.75, 3.05) is 0 Å². The smallest absolute Gasteiger partial charge is 0.0219 e. The Morgan fingerprint density at radius 2 is 1.15 bits per heavy atom. The van der Waals surface area contributed by atoms with Crippen molar-refractivity contribution < 1.29 is 0 Å². The largest absolute Gasteiger partial charge is 0.0651 e. The molecule has 0 aromatic heterocycles. The van der Waals surface area contributed by atoms with Crippen LogP contribution in [0.15, 0.2) is 30.3 Å². The van der Waals surface area contributed by atoms with Crippen LogP contribution in [0.25, 0.3) is 0 Å². The van der Waals surface area contributed by atoms with Gasteiger partial charge < -0.3 is 0 Å². The van der Waals surface area contributed by atoms with Crippen molar-refractivity contribution in [3.8, 4) is 0 Å². The first-order chi connectivity index (χ1) is 9.22.